The predicted molar refractivity (Wildman–Crippen MR) is 69.9 cm³/mol. The summed E-state index contributed by atoms with van der Waals surface area (Å²) in [6.07, 6.45) is 0.819. The Balaban J connectivity index is 2.00. The van der Waals surface area contributed by atoms with Crippen molar-refractivity contribution in [2.24, 2.45) is 5.73 Å². The van der Waals surface area contributed by atoms with Crippen molar-refractivity contribution in [3.63, 3.8) is 0 Å². The van der Waals surface area contributed by atoms with Crippen molar-refractivity contribution in [1.29, 1.82) is 0 Å². The molecule has 0 aliphatic rings. The number of hydrogen-bond acceptors (Lipinski definition) is 2. The molecule has 2 aromatic carbocycles. The summed E-state index contributed by atoms with van der Waals surface area (Å²) >= 11 is 0. The van der Waals surface area contributed by atoms with Crippen LogP contribution in [0.15, 0.2) is 42.5 Å². The highest BCUT2D eigenvalue weighted by molar-refractivity contribution is 5.26. The number of nitrogens with two attached hydrogens (primary N) is 1. The van der Waals surface area contributed by atoms with E-state index in [1.165, 1.54) is 0 Å². The van der Waals surface area contributed by atoms with E-state index in [0.717, 1.165) is 35.7 Å². The van der Waals surface area contributed by atoms with E-state index in [9.17, 15) is 8.78 Å². The minimum absolute atomic E-state index is 0.0777. The Morgan fingerprint density at radius 2 is 1.63 bits per heavy atom. The molecule has 0 spiro atoms. The van der Waals surface area contributed by atoms with E-state index in [0.29, 0.717) is 6.54 Å². The van der Waals surface area contributed by atoms with Gasteiger partial charge in [-0.15, -0.1) is 0 Å². The van der Waals surface area contributed by atoms with Gasteiger partial charge in [0, 0.05) is 6.07 Å². The molecule has 2 nitrogen and oxygen atoms in total. The van der Waals surface area contributed by atoms with Crippen LogP contribution < -0.4 is 10.5 Å². The van der Waals surface area contributed by atoms with E-state index in [-0.39, 0.29) is 12.4 Å². The van der Waals surface area contributed by atoms with Crippen molar-refractivity contribution in [2.45, 2.75) is 13.0 Å². The van der Waals surface area contributed by atoms with Crippen LogP contribution in [0, 0.1) is 11.6 Å². The summed E-state index contributed by atoms with van der Waals surface area (Å²) in [5.74, 6) is -1.16. The Bertz CT molecular complexity index is 540. The fourth-order valence-electron chi connectivity index (χ4n) is 1.72. The van der Waals surface area contributed by atoms with Gasteiger partial charge >= 0.3 is 0 Å². The fraction of sp³-hybridized carbons (Fsp3) is 0.200. The van der Waals surface area contributed by atoms with E-state index >= 15 is 0 Å². The molecule has 0 radical (unpaired) electrons. The van der Waals surface area contributed by atoms with Crippen LogP contribution in [0.2, 0.25) is 0 Å². The number of benzene rings is 2. The molecule has 0 heterocycles. The van der Waals surface area contributed by atoms with Crippen LogP contribution in [-0.4, -0.2) is 6.54 Å². The van der Waals surface area contributed by atoms with Crippen LogP contribution in [0.1, 0.15) is 11.1 Å². The van der Waals surface area contributed by atoms with Gasteiger partial charge in [-0.3, -0.25) is 0 Å². The predicted octanol–water partition coefficient (Wildman–Crippen LogP) is 3.05. The maximum absolute atomic E-state index is 13.3. The van der Waals surface area contributed by atoms with Crippen molar-refractivity contribution < 1.29 is 13.5 Å². The van der Waals surface area contributed by atoms with E-state index in [1.54, 1.807) is 0 Å². The second-order valence-corrected chi connectivity index (χ2v) is 4.22. The monoisotopic (exact) mass is 263 g/mol. The zero-order chi connectivity index (χ0) is 13.7. The molecule has 0 fully saturated rings. The highest BCUT2D eigenvalue weighted by atomic mass is 19.1. The molecule has 0 bridgehead atoms. The van der Waals surface area contributed by atoms with Crippen LogP contribution in [0.25, 0.3) is 0 Å². The Morgan fingerprint density at radius 3 is 2.32 bits per heavy atom. The molecule has 2 aromatic rings. The molecule has 0 atom stereocenters. The molecule has 0 saturated carbocycles. The van der Waals surface area contributed by atoms with Gasteiger partial charge in [0.05, 0.1) is 0 Å². The molecule has 0 unspecified atom stereocenters. The standard InChI is InChI=1S/C15H15F2NO/c16-13-5-6-14(17)15(9-13)19-10-12-3-1-11(2-4-12)7-8-18/h1-6,9H,7-8,10,18H2. The van der Waals surface area contributed by atoms with Crippen molar-refractivity contribution in [3.8, 4) is 5.75 Å². The molecular formula is C15H15F2NO. The average molecular weight is 263 g/mol. The van der Waals surface area contributed by atoms with E-state index in [4.69, 9.17) is 10.5 Å². The van der Waals surface area contributed by atoms with Crippen molar-refractivity contribution >= 4 is 0 Å². The SMILES string of the molecule is NCCc1ccc(COc2cc(F)ccc2F)cc1. The van der Waals surface area contributed by atoms with Crippen molar-refractivity contribution in [2.75, 3.05) is 6.54 Å². The zero-order valence-corrected chi connectivity index (χ0v) is 10.4. The van der Waals surface area contributed by atoms with Crippen LogP contribution in [0.5, 0.6) is 5.75 Å². The number of rotatable bonds is 5. The summed E-state index contributed by atoms with van der Waals surface area (Å²) in [4.78, 5) is 0. The highest BCUT2D eigenvalue weighted by Crippen LogP contribution is 2.19. The first-order chi connectivity index (χ1) is 9.19. The smallest absolute Gasteiger partial charge is 0.165 e. The third-order valence-corrected chi connectivity index (χ3v) is 2.74. The van der Waals surface area contributed by atoms with Crippen LogP contribution in [-0.2, 0) is 13.0 Å². The summed E-state index contributed by atoms with van der Waals surface area (Å²) in [6.45, 7) is 0.799. The van der Waals surface area contributed by atoms with Gasteiger partial charge < -0.3 is 10.5 Å². The second kappa shape index (κ2) is 6.29. The number of ether oxygens (including phenoxy) is 1. The van der Waals surface area contributed by atoms with Gasteiger partial charge in [-0.2, -0.15) is 0 Å². The lowest BCUT2D eigenvalue weighted by atomic mass is 10.1. The molecular weight excluding hydrogens is 248 g/mol. The third-order valence-electron chi connectivity index (χ3n) is 2.74. The van der Waals surface area contributed by atoms with E-state index in [2.05, 4.69) is 0 Å². The summed E-state index contributed by atoms with van der Waals surface area (Å²) in [5, 5.41) is 0. The Morgan fingerprint density at radius 1 is 0.947 bits per heavy atom. The van der Waals surface area contributed by atoms with Crippen molar-refractivity contribution in [1.82, 2.24) is 0 Å². The molecule has 0 aliphatic heterocycles. The van der Waals surface area contributed by atoms with Gasteiger partial charge in [-0.05, 0) is 36.2 Å². The molecule has 0 saturated heterocycles. The average Bonchev–Trinajstić information content (AvgIpc) is 2.42. The van der Waals surface area contributed by atoms with E-state index < -0.39 is 11.6 Å². The fourth-order valence-corrected chi connectivity index (χ4v) is 1.72. The first-order valence-corrected chi connectivity index (χ1v) is 6.05. The summed E-state index contributed by atoms with van der Waals surface area (Å²) in [7, 11) is 0. The van der Waals surface area contributed by atoms with Gasteiger partial charge in [0.1, 0.15) is 12.4 Å². The van der Waals surface area contributed by atoms with Gasteiger partial charge in [0.2, 0.25) is 0 Å². The van der Waals surface area contributed by atoms with Gasteiger partial charge in [-0.25, -0.2) is 8.78 Å². The molecule has 2 rings (SSSR count). The number of hydrogen-bond donors (Lipinski definition) is 1. The molecule has 0 aliphatic carbocycles. The maximum atomic E-state index is 13.3. The largest absolute Gasteiger partial charge is 0.486 e. The Kier molecular flexibility index (Phi) is 4.47. The lowest BCUT2D eigenvalue weighted by molar-refractivity contribution is 0.288. The molecule has 4 heteroatoms. The lowest BCUT2D eigenvalue weighted by Gasteiger charge is -2.08. The molecule has 19 heavy (non-hydrogen) atoms. The summed E-state index contributed by atoms with van der Waals surface area (Å²) in [5.41, 5.74) is 7.50. The first kappa shape index (κ1) is 13.5. The van der Waals surface area contributed by atoms with Gasteiger partial charge in [0.25, 0.3) is 0 Å². The van der Waals surface area contributed by atoms with Crippen molar-refractivity contribution in [3.05, 3.63) is 65.2 Å². The van der Waals surface area contributed by atoms with E-state index in [1.807, 2.05) is 24.3 Å². The van der Waals surface area contributed by atoms with Crippen LogP contribution in [0.4, 0.5) is 8.78 Å². The third kappa shape index (κ3) is 3.76. The first-order valence-electron chi connectivity index (χ1n) is 6.05. The molecule has 2 N–H and O–H groups in total. The summed E-state index contributed by atoms with van der Waals surface area (Å²) in [6, 6.07) is 10.8. The summed E-state index contributed by atoms with van der Waals surface area (Å²) < 4.78 is 31.5. The highest BCUT2D eigenvalue weighted by Gasteiger charge is 2.05. The Hall–Kier alpha value is -1.94. The number of halogens is 2. The van der Waals surface area contributed by atoms with Crippen LogP contribution >= 0.6 is 0 Å². The minimum atomic E-state index is -0.568. The Labute approximate surface area is 110 Å². The normalized spacial score (nSPS) is 10.5. The quantitative estimate of drug-likeness (QED) is 0.899. The van der Waals surface area contributed by atoms with Crippen LogP contribution in [0.3, 0.4) is 0 Å². The van der Waals surface area contributed by atoms with Gasteiger partial charge in [0.15, 0.2) is 11.6 Å². The molecule has 100 valence electrons. The topological polar surface area (TPSA) is 35.2 Å². The van der Waals surface area contributed by atoms with Gasteiger partial charge in [-0.1, -0.05) is 24.3 Å². The molecule has 0 amide bonds. The maximum Gasteiger partial charge on any atom is 0.165 e. The minimum Gasteiger partial charge on any atom is -0.486 e. The zero-order valence-electron chi connectivity index (χ0n) is 10.4. The molecule has 0 aromatic heterocycles. The second-order valence-electron chi connectivity index (χ2n) is 4.22. The lowest BCUT2D eigenvalue weighted by Crippen LogP contribution is -2.03.